The van der Waals surface area contributed by atoms with Gasteiger partial charge in [-0.3, -0.25) is 9.69 Å². The fraction of sp³-hybridized carbons (Fsp3) is 0.250. The SMILES string of the molecule is O=C(c1cc(C(F)(F)F)cc(C(F)(F)F)c1)N1CCN(CC#Cc2ccccn2)C[C@H]1Cc1ccc2ccccc2c1. The summed E-state index contributed by atoms with van der Waals surface area (Å²) in [5, 5.41) is 2.00. The van der Waals surface area contributed by atoms with Crippen LogP contribution in [0.1, 0.15) is 32.7 Å². The largest absolute Gasteiger partial charge is 0.416 e. The maximum Gasteiger partial charge on any atom is 0.416 e. The number of halogens is 6. The predicted octanol–water partition coefficient (Wildman–Crippen LogP) is 6.69. The number of rotatable bonds is 4. The van der Waals surface area contributed by atoms with Gasteiger partial charge in [-0.2, -0.15) is 26.3 Å². The van der Waals surface area contributed by atoms with Crippen LogP contribution in [-0.2, 0) is 18.8 Å². The molecule has 0 spiro atoms. The van der Waals surface area contributed by atoms with Gasteiger partial charge in [0.1, 0.15) is 5.69 Å². The Hall–Kier alpha value is -4.36. The maximum atomic E-state index is 13.6. The summed E-state index contributed by atoms with van der Waals surface area (Å²) in [6.07, 6.45) is -8.12. The smallest absolute Gasteiger partial charge is 0.333 e. The van der Waals surface area contributed by atoms with Crippen molar-refractivity contribution in [1.82, 2.24) is 14.8 Å². The van der Waals surface area contributed by atoms with Crippen LogP contribution in [0.5, 0.6) is 0 Å². The number of carbonyl (C=O) groups excluding carboxylic acids is 1. The first kappa shape index (κ1) is 29.1. The average molecular weight is 582 g/mol. The zero-order valence-electron chi connectivity index (χ0n) is 22.2. The van der Waals surface area contributed by atoms with Gasteiger partial charge in [-0.15, -0.1) is 0 Å². The lowest BCUT2D eigenvalue weighted by molar-refractivity contribution is -0.143. The topological polar surface area (TPSA) is 36.4 Å². The lowest BCUT2D eigenvalue weighted by Gasteiger charge is -2.41. The van der Waals surface area contributed by atoms with E-state index in [0.29, 0.717) is 43.9 Å². The molecular formula is C32H25F6N3O. The van der Waals surface area contributed by atoms with Gasteiger partial charge in [-0.1, -0.05) is 54.5 Å². The predicted molar refractivity (Wildman–Crippen MR) is 146 cm³/mol. The van der Waals surface area contributed by atoms with Gasteiger partial charge in [0.2, 0.25) is 0 Å². The molecule has 1 aromatic heterocycles. The van der Waals surface area contributed by atoms with E-state index in [-0.39, 0.29) is 12.6 Å². The first-order valence-electron chi connectivity index (χ1n) is 13.2. The summed E-state index contributed by atoms with van der Waals surface area (Å²) >= 11 is 0. The van der Waals surface area contributed by atoms with Crippen LogP contribution in [0, 0.1) is 11.8 Å². The van der Waals surface area contributed by atoms with Gasteiger partial charge in [-0.25, -0.2) is 4.98 Å². The summed E-state index contributed by atoms with van der Waals surface area (Å²) in [7, 11) is 0. The number of hydrogen-bond donors (Lipinski definition) is 0. The number of hydrogen-bond acceptors (Lipinski definition) is 3. The molecule has 1 amide bonds. The molecule has 2 heterocycles. The fourth-order valence-electron chi connectivity index (χ4n) is 5.07. The van der Waals surface area contributed by atoms with Crippen LogP contribution in [0.4, 0.5) is 26.3 Å². The molecule has 216 valence electrons. The number of aromatic nitrogens is 1. The molecule has 4 nitrogen and oxygen atoms in total. The van der Waals surface area contributed by atoms with Crippen molar-refractivity contribution in [1.29, 1.82) is 0 Å². The first-order chi connectivity index (χ1) is 20.0. The standard InChI is InChI=1S/C32H25F6N3O/c33-31(34,35)26-18-25(19-27(20-26)32(36,37)38)30(42)41-15-14-40(13-5-9-28-8-3-4-12-39-28)21-29(41)17-22-10-11-23-6-1-2-7-24(23)16-22/h1-4,6-8,10-12,16,18-20,29H,13-15,17,21H2/t29-/m1/s1. The van der Waals surface area contributed by atoms with Gasteiger partial charge >= 0.3 is 12.4 Å². The van der Waals surface area contributed by atoms with Gasteiger partial charge in [-0.05, 0) is 59.0 Å². The summed E-state index contributed by atoms with van der Waals surface area (Å²) in [5.41, 5.74) is -2.20. The number of fused-ring (bicyclic) bond motifs is 1. The van der Waals surface area contributed by atoms with Crippen LogP contribution in [-0.4, -0.2) is 52.9 Å². The second-order valence-electron chi connectivity index (χ2n) is 10.1. The number of carbonyl (C=O) groups is 1. The van der Waals surface area contributed by atoms with Crippen LogP contribution < -0.4 is 0 Å². The third-order valence-corrected chi connectivity index (χ3v) is 7.13. The normalized spacial score (nSPS) is 16.2. The van der Waals surface area contributed by atoms with Crippen LogP contribution in [0.3, 0.4) is 0 Å². The Morgan fingerprint density at radius 3 is 2.19 bits per heavy atom. The third-order valence-electron chi connectivity index (χ3n) is 7.13. The summed E-state index contributed by atoms with van der Waals surface area (Å²) in [5.74, 6) is 5.17. The van der Waals surface area contributed by atoms with Crippen molar-refractivity contribution >= 4 is 16.7 Å². The molecule has 0 unspecified atom stereocenters. The zero-order valence-corrected chi connectivity index (χ0v) is 22.2. The third kappa shape index (κ3) is 6.92. The van der Waals surface area contributed by atoms with Crippen molar-refractivity contribution in [2.24, 2.45) is 0 Å². The van der Waals surface area contributed by atoms with E-state index in [1.54, 1.807) is 18.3 Å². The number of amides is 1. The van der Waals surface area contributed by atoms with Crippen molar-refractivity contribution in [2.75, 3.05) is 26.2 Å². The van der Waals surface area contributed by atoms with E-state index in [0.717, 1.165) is 16.3 Å². The Balaban J connectivity index is 1.45. The van der Waals surface area contributed by atoms with Gasteiger partial charge in [0.05, 0.1) is 17.7 Å². The Labute approximate surface area is 238 Å². The molecule has 0 radical (unpaired) electrons. The van der Waals surface area contributed by atoms with E-state index < -0.39 is 41.0 Å². The lowest BCUT2D eigenvalue weighted by Crippen LogP contribution is -2.56. The Morgan fingerprint density at radius 1 is 0.833 bits per heavy atom. The molecule has 0 bridgehead atoms. The molecule has 1 saturated heterocycles. The van der Waals surface area contributed by atoms with Gasteiger partial charge < -0.3 is 4.90 Å². The Bertz CT molecular complexity index is 1610. The minimum atomic E-state index is -5.05. The summed E-state index contributed by atoms with van der Waals surface area (Å²) in [6.45, 7) is 1.15. The molecule has 1 aliphatic heterocycles. The highest BCUT2D eigenvalue weighted by Crippen LogP contribution is 2.37. The zero-order chi connectivity index (χ0) is 29.9. The van der Waals surface area contributed by atoms with Gasteiger partial charge in [0.15, 0.2) is 0 Å². The average Bonchev–Trinajstić information content (AvgIpc) is 2.96. The second kappa shape index (κ2) is 11.9. The number of pyridine rings is 1. The van der Waals surface area contributed by atoms with Crippen molar-refractivity contribution < 1.29 is 31.1 Å². The molecule has 5 rings (SSSR count). The van der Waals surface area contributed by atoms with Gasteiger partial charge in [0, 0.05) is 37.4 Å². The molecule has 10 heteroatoms. The molecule has 1 atom stereocenters. The van der Waals surface area contributed by atoms with E-state index in [1.165, 1.54) is 4.90 Å². The number of benzene rings is 3. The highest BCUT2D eigenvalue weighted by atomic mass is 19.4. The van der Waals surface area contributed by atoms with Crippen LogP contribution in [0.15, 0.2) is 85.1 Å². The molecule has 0 aliphatic carbocycles. The summed E-state index contributed by atoms with van der Waals surface area (Å²) < 4.78 is 81.1. The number of piperazine rings is 1. The summed E-state index contributed by atoms with van der Waals surface area (Å²) in [4.78, 5) is 21.2. The highest BCUT2D eigenvalue weighted by molar-refractivity contribution is 5.95. The number of alkyl halides is 6. The molecule has 1 aliphatic rings. The molecule has 0 saturated carbocycles. The minimum absolute atomic E-state index is 0.0293. The molecule has 3 aromatic carbocycles. The highest BCUT2D eigenvalue weighted by Gasteiger charge is 2.39. The Morgan fingerprint density at radius 2 is 1.52 bits per heavy atom. The minimum Gasteiger partial charge on any atom is -0.333 e. The monoisotopic (exact) mass is 581 g/mol. The van der Waals surface area contributed by atoms with Crippen LogP contribution >= 0.6 is 0 Å². The van der Waals surface area contributed by atoms with E-state index >= 15 is 0 Å². The molecular weight excluding hydrogens is 556 g/mol. The van der Waals surface area contributed by atoms with E-state index in [1.807, 2.05) is 53.4 Å². The van der Waals surface area contributed by atoms with Gasteiger partial charge in [0.25, 0.3) is 5.91 Å². The Kier molecular flexibility index (Phi) is 8.23. The summed E-state index contributed by atoms with van der Waals surface area (Å²) in [6, 6.07) is 19.4. The lowest BCUT2D eigenvalue weighted by atomic mass is 9.97. The maximum absolute atomic E-state index is 13.6. The van der Waals surface area contributed by atoms with Crippen molar-refractivity contribution in [3.63, 3.8) is 0 Å². The van der Waals surface area contributed by atoms with Crippen LogP contribution in [0.2, 0.25) is 0 Å². The van der Waals surface area contributed by atoms with Crippen molar-refractivity contribution in [3.05, 3.63) is 113 Å². The molecule has 1 fully saturated rings. The van der Waals surface area contributed by atoms with Crippen molar-refractivity contribution in [2.45, 2.75) is 24.8 Å². The van der Waals surface area contributed by atoms with E-state index in [4.69, 9.17) is 0 Å². The van der Waals surface area contributed by atoms with E-state index in [9.17, 15) is 31.1 Å². The van der Waals surface area contributed by atoms with Crippen LogP contribution in [0.25, 0.3) is 10.8 Å². The van der Waals surface area contributed by atoms with Crippen molar-refractivity contribution in [3.8, 4) is 11.8 Å². The molecule has 0 N–H and O–H groups in total. The van der Waals surface area contributed by atoms with E-state index in [2.05, 4.69) is 16.8 Å². The quantitative estimate of drug-likeness (QED) is 0.199. The number of nitrogens with zero attached hydrogens (tertiary/aromatic N) is 3. The molecule has 42 heavy (non-hydrogen) atoms. The fourth-order valence-corrected chi connectivity index (χ4v) is 5.07. The molecule has 4 aromatic rings. The second-order valence-corrected chi connectivity index (χ2v) is 10.1. The first-order valence-corrected chi connectivity index (χ1v) is 13.2.